The summed E-state index contributed by atoms with van der Waals surface area (Å²) in [6, 6.07) is 13.9. The number of hydrogen-bond donors (Lipinski definition) is 1. The molecule has 0 aromatic heterocycles. The molecular weight excluding hydrogens is 280 g/mol. The monoisotopic (exact) mass is 294 g/mol. The minimum absolute atomic E-state index is 0.272. The second-order valence-electron chi connectivity index (χ2n) is 4.86. The lowest BCUT2D eigenvalue weighted by Crippen LogP contribution is -2.12. The van der Waals surface area contributed by atoms with Gasteiger partial charge in [-0.1, -0.05) is 6.07 Å². The van der Waals surface area contributed by atoms with Gasteiger partial charge >= 0.3 is 0 Å². The molecule has 1 N–H and O–H groups in total. The van der Waals surface area contributed by atoms with Crippen LogP contribution in [0.1, 0.15) is 22.3 Å². The molecule has 0 spiro atoms. The zero-order chi connectivity index (χ0) is 15.4. The van der Waals surface area contributed by atoms with E-state index in [0.29, 0.717) is 41.5 Å². The summed E-state index contributed by atoms with van der Waals surface area (Å²) < 4.78 is 11.1. The highest BCUT2D eigenvalue weighted by atomic mass is 16.5. The number of ether oxygens (including phenoxy) is 2. The zero-order valence-electron chi connectivity index (χ0n) is 11.8. The fourth-order valence-corrected chi connectivity index (χ4v) is 2.17. The van der Waals surface area contributed by atoms with Crippen LogP contribution in [0.15, 0.2) is 42.5 Å². The molecular formula is C17H14N2O3. The molecule has 1 amide bonds. The number of amides is 1. The van der Waals surface area contributed by atoms with Gasteiger partial charge in [0.15, 0.2) is 11.5 Å². The van der Waals surface area contributed by atoms with Gasteiger partial charge in [-0.25, -0.2) is 0 Å². The predicted octanol–water partition coefficient (Wildman–Crippen LogP) is 2.97. The third-order valence-electron chi connectivity index (χ3n) is 3.26. The molecule has 0 fully saturated rings. The first-order valence-corrected chi connectivity index (χ1v) is 6.97. The molecule has 0 radical (unpaired) electrons. The smallest absolute Gasteiger partial charge is 0.255 e. The van der Waals surface area contributed by atoms with E-state index in [0.717, 1.165) is 6.42 Å². The summed E-state index contributed by atoms with van der Waals surface area (Å²) in [5, 5.41) is 11.7. The van der Waals surface area contributed by atoms with Gasteiger partial charge in [-0.15, -0.1) is 0 Å². The number of carbonyl (C=O) groups is 1. The first-order chi connectivity index (χ1) is 10.8. The van der Waals surface area contributed by atoms with Gasteiger partial charge in [-0.2, -0.15) is 5.26 Å². The van der Waals surface area contributed by atoms with Crippen LogP contribution in [0.5, 0.6) is 11.5 Å². The largest absolute Gasteiger partial charge is 0.490 e. The summed E-state index contributed by atoms with van der Waals surface area (Å²) in [4.78, 5) is 12.2. The van der Waals surface area contributed by atoms with Crippen molar-refractivity contribution < 1.29 is 14.3 Å². The molecule has 0 saturated heterocycles. The number of benzene rings is 2. The number of nitrogens with zero attached hydrogens (tertiary/aromatic N) is 1. The number of fused-ring (bicyclic) bond motifs is 1. The maximum atomic E-state index is 12.2. The summed E-state index contributed by atoms with van der Waals surface area (Å²) in [6.45, 7) is 1.22. The highest BCUT2D eigenvalue weighted by Gasteiger charge is 2.12. The molecule has 2 aromatic rings. The molecule has 0 bridgehead atoms. The van der Waals surface area contributed by atoms with Gasteiger partial charge in [0.1, 0.15) is 0 Å². The number of nitrogens with one attached hydrogen (secondary N) is 1. The number of nitriles is 1. The van der Waals surface area contributed by atoms with Gasteiger partial charge in [0, 0.05) is 23.7 Å². The number of rotatable bonds is 2. The minimum Gasteiger partial charge on any atom is -0.490 e. The van der Waals surface area contributed by atoms with Gasteiger partial charge < -0.3 is 14.8 Å². The van der Waals surface area contributed by atoms with Crippen LogP contribution in [-0.4, -0.2) is 19.1 Å². The Morgan fingerprint density at radius 1 is 1.09 bits per heavy atom. The maximum absolute atomic E-state index is 12.2. The van der Waals surface area contributed by atoms with Crippen molar-refractivity contribution in [2.24, 2.45) is 0 Å². The number of hydrogen-bond acceptors (Lipinski definition) is 4. The molecule has 1 heterocycles. The molecule has 0 atom stereocenters. The predicted molar refractivity (Wildman–Crippen MR) is 81.2 cm³/mol. The van der Waals surface area contributed by atoms with Gasteiger partial charge in [0.2, 0.25) is 0 Å². The molecule has 5 heteroatoms. The summed E-state index contributed by atoms with van der Waals surface area (Å²) >= 11 is 0. The first-order valence-electron chi connectivity index (χ1n) is 6.97. The van der Waals surface area contributed by atoms with Crippen LogP contribution in [0.3, 0.4) is 0 Å². The Morgan fingerprint density at radius 3 is 2.73 bits per heavy atom. The van der Waals surface area contributed by atoms with Crippen LogP contribution >= 0.6 is 0 Å². The molecule has 0 aliphatic carbocycles. The average molecular weight is 294 g/mol. The van der Waals surface area contributed by atoms with E-state index < -0.39 is 0 Å². The highest BCUT2D eigenvalue weighted by Crippen LogP contribution is 2.32. The van der Waals surface area contributed by atoms with Crippen molar-refractivity contribution in [3.63, 3.8) is 0 Å². The molecule has 0 unspecified atom stereocenters. The fourth-order valence-electron chi connectivity index (χ4n) is 2.17. The van der Waals surface area contributed by atoms with E-state index in [-0.39, 0.29) is 5.91 Å². The minimum atomic E-state index is -0.272. The molecule has 3 rings (SSSR count). The van der Waals surface area contributed by atoms with Crippen LogP contribution in [0, 0.1) is 11.3 Å². The lowest BCUT2D eigenvalue weighted by molar-refractivity contribution is 0.102. The normalized spacial score (nSPS) is 12.9. The average Bonchev–Trinajstić information content (AvgIpc) is 2.79. The van der Waals surface area contributed by atoms with E-state index in [2.05, 4.69) is 5.32 Å². The van der Waals surface area contributed by atoms with Crippen molar-refractivity contribution in [3.8, 4) is 17.6 Å². The Bertz CT molecular complexity index is 750. The lowest BCUT2D eigenvalue weighted by atomic mass is 10.1. The fraction of sp³-hybridized carbons (Fsp3) is 0.176. The maximum Gasteiger partial charge on any atom is 0.255 e. The van der Waals surface area contributed by atoms with Crippen LogP contribution in [0.25, 0.3) is 0 Å². The quantitative estimate of drug-likeness (QED) is 0.924. The van der Waals surface area contributed by atoms with Gasteiger partial charge in [0.05, 0.1) is 24.8 Å². The van der Waals surface area contributed by atoms with Crippen LogP contribution < -0.4 is 14.8 Å². The Balaban J connectivity index is 1.79. The summed E-state index contributed by atoms with van der Waals surface area (Å²) in [5.41, 5.74) is 1.51. The summed E-state index contributed by atoms with van der Waals surface area (Å²) in [6.07, 6.45) is 0.831. The second kappa shape index (κ2) is 6.19. The van der Waals surface area contributed by atoms with Crippen molar-refractivity contribution in [2.75, 3.05) is 18.5 Å². The van der Waals surface area contributed by atoms with E-state index in [1.807, 2.05) is 6.07 Å². The molecule has 22 heavy (non-hydrogen) atoms. The van der Waals surface area contributed by atoms with Gasteiger partial charge in [0.25, 0.3) is 5.91 Å². The number of carbonyl (C=O) groups excluding carboxylic acids is 1. The molecule has 1 aliphatic rings. The van der Waals surface area contributed by atoms with Crippen LogP contribution in [0.4, 0.5) is 5.69 Å². The van der Waals surface area contributed by atoms with Crippen molar-refractivity contribution >= 4 is 11.6 Å². The highest BCUT2D eigenvalue weighted by molar-refractivity contribution is 6.04. The Labute approximate surface area is 128 Å². The topological polar surface area (TPSA) is 71.4 Å². The molecule has 1 aliphatic heterocycles. The summed E-state index contributed by atoms with van der Waals surface area (Å²) in [7, 11) is 0. The van der Waals surface area contributed by atoms with Gasteiger partial charge in [-0.05, 0) is 30.3 Å². The first kappa shape index (κ1) is 14.0. The second-order valence-corrected chi connectivity index (χ2v) is 4.86. The van der Waals surface area contributed by atoms with E-state index >= 15 is 0 Å². The Hall–Kier alpha value is -3.00. The van der Waals surface area contributed by atoms with Crippen LogP contribution in [0.2, 0.25) is 0 Å². The number of anilines is 1. The van der Waals surface area contributed by atoms with E-state index in [9.17, 15) is 4.79 Å². The van der Waals surface area contributed by atoms with Crippen molar-refractivity contribution in [3.05, 3.63) is 53.6 Å². The van der Waals surface area contributed by atoms with E-state index in [4.69, 9.17) is 14.7 Å². The molecule has 5 nitrogen and oxygen atoms in total. The van der Waals surface area contributed by atoms with Crippen LogP contribution in [-0.2, 0) is 0 Å². The third-order valence-corrected chi connectivity index (χ3v) is 3.26. The Morgan fingerprint density at radius 2 is 1.91 bits per heavy atom. The third kappa shape index (κ3) is 3.01. The SMILES string of the molecule is N#Cc1cccc(C(=O)Nc2ccc3c(c2)OCCCO3)c1. The Kier molecular flexibility index (Phi) is 3.92. The standard InChI is InChI=1S/C17H14N2O3/c18-11-12-3-1-4-13(9-12)17(20)19-14-5-6-15-16(10-14)22-8-2-7-21-15/h1,3-6,9-10H,2,7-8H2,(H,19,20). The lowest BCUT2D eigenvalue weighted by Gasteiger charge is -2.10. The van der Waals surface area contributed by atoms with Gasteiger partial charge in [-0.3, -0.25) is 4.79 Å². The van der Waals surface area contributed by atoms with Crippen molar-refractivity contribution in [1.29, 1.82) is 5.26 Å². The molecule has 110 valence electrons. The van der Waals surface area contributed by atoms with E-state index in [1.165, 1.54) is 0 Å². The molecule has 2 aromatic carbocycles. The van der Waals surface area contributed by atoms with Crippen molar-refractivity contribution in [1.82, 2.24) is 0 Å². The summed E-state index contributed by atoms with van der Waals surface area (Å²) in [5.74, 6) is 1.04. The van der Waals surface area contributed by atoms with E-state index in [1.54, 1.807) is 42.5 Å². The van der Waals surface area contributed by atoms with Crippen molar-refractivity contribution in [2.45, 2.75) is 6.42 Å². The zero-order valence-corrected chi connectivity index (χ0v) is 11.8. The molecule has 0 saturated carbocycles.